The highest BCUT2D eigenvalue weighted by Crippen LogP contribution is 2.41. The summed E-state index contributed by atoms with van der Waals surface area (Å²) >= 11 is 1.49. The zero-order valence-electron chi connectivity index (χ0n) is 10.6. The van der Waals surface area contributed by atoms with Crippen LogP contribution in [0.15, 0.2) is 0 Å². The number of quaternary nitrogens is 2. The van der Waals surface area contributed by atoms with Crippen molar-refractivity contribution in [3.05, 3.63) is 0 Å². The minimum absolute atomic E-state index is 0.235. The molecule has 120 valence electrons. The van der Waals surface area contributed by atoms with E-state index in [4.69, 9.17) is 50.6 Å². The molecule has 0 aromatic rings. The molecule has 0 spiro atoms. The minimum Gasteiger partial charge on any atom is -0.277 e. The topological polar surface area (TPSA) is 226 Å². The van der Waals surface area contributed by atoms with Crippen LogP contribution < -0.4 is 40.8 Å². The molecule has 0 aromatic heterocycles. The van der Waals surface area contributed by atoms with Gasteiger partial charge in [0, 0.05) is 22.5 Å². The molecule has 0 amide bonds. The van der Waals surface area contributed by atoms with Crippen LogP contribution in [0.1, 0.15) is 13.3 Å². The first-order valence-electron chi connectivity index (χ1n) is 5.08. The Hall–Kier alpha value is 0.130. The molecule has 1 fully saturated rings. The lowest BCUT2D eigenvalue weighted by Crippen LogP contribution is -2.89. The van der Waals surface area contributed by atoms with Crippen molar-refractivity contribution >= 4 is 23.0 Å². The summed E-state index contributed by atoms with van der Waals surface area (Å²) in [6, 6.07) is 0. The molecule has 1 aliphatic heterocycles. The Balaban J connectivity index is 2.83. The molecule has 1 rings (SSSR count). The Morgan fingerprint density at radius 2 is 1.90 bits per heavy atom. The van der Waals surface area contributed by atoms with E-state index in [2.05, 4.69) is 8.11 Å². The quantitative estimate of drug-likeness (QED) is 0.0910. The van der Waals surface area contributed by atoms with Crippen molar-refractivity contribution in [3.63, 3.8) is 0 Å². The van der Waals surface area contributed by atoms with Crippen molar-refractivity contribution in [2.75, 3.05) is 0 Å². The van der Waals surface area contributed by atoms with Crippen LogP contribution in [-0.2, 0) is 17.9 Å². The van der Waals surface area contributed by atoms with Gasteiger partial charge in [-0.05, 0) is 4.76 Å². The van der Waals surface area contributed by atoms with Gasteiger partial charge in [0.1, 0.15) is 29.4 Å². The van der Waals surface area contributed by atoms with Gasteiger partial charge in [0.2, 0.25) is 6.17 Å². The summed E-state index contributed by atoms with van der Waals surface area (Å²) < 4.78 is 3.69. The molecule has 14 N–H and O–H groups in total. The highest BCUT2D eigenvalue weighted by atomic mass is 127. The average molecular weight is 413 g/mol. The third-order valence-electron chi connectivity index (χ3n) is 2.66. The number of hydroxylamine groups is 2. The average Bonchev–Trinajstić information content (AvgIpc) is 2.26. The Morgan fingerprint density at radius 3 is 2.30 bits per heavy atom. The summed E-state index contributed by atoms with van der Waals surface area (Å²) in [5.41, 5.74) is 4.52. The Bertz CT molecular complexity index is 346. The number of nitrogens with zero attached hydrogens (tertiary/aromatic N) is 4. The fourth-order valence-electron chi connectivity index (χ4n) is 1.73. The van der Waals surface area contributed by atoms with Crippen molar-refractivity contribution in [2.24, 2.45) is 40.8 Å². The first-order valence-corrected chi connectivity index (χ1v) is 5.96. The van der Waals surface area contributed by atoms with Gasteiger partial charge in [0.25, 0.3) is 5.72 Å². The summed E-state index contributed by atoms with van der Waals surface area (Å²) in [7, 11) is 0. The molecule has 0 saturated carbocycles. The second-order valence-electron chi connectivity index (χ2n) is 4.27. The van der Waals surface area contributed by atoms with Crippen LogP contribution in [0, 0.1) is 0 Å². The molecule has 3 atom stereocenters. The van der Waals surface area contributed by atoms with Crippen LogP contribution in [0.25, 0.3) is 0 Å². The third-order valence-corrected chi connectivity index (χ3v) is 3.05. The molecule has 3 unspecified atom stereocenters. The molecule has 20 heavy (non-hydrogen) atoms. The molecule has 0 aliphatic carbocycles. The summed E-state index contributed by atoms with van der Waals surface area (Å²) in [6.45, 7) is 1.54. The molecule has 0 bridgehead atoms. The van der Waals surface area contributed by atoms with E-state index in [0.29, 0.717) is 5.34 Å². The lowest BCUT2D eigenvalue weighted by molar-refractivity contribution is -1.47. The second kappa shape index (κ2) is 6.09. The number of hydrogen-bond donors (Lipinski definition) is 7. The third kappa shape index (κ3) is 3.66. The van der Waals surface area contributed by atoms with Crippen LogP contribution in [-0.4, -0.2) is 32.3 Å². The summed E-state index contributed by atoms with van der Waals surface area (Å²) in [4.78, 5) is 14.9. The molecule has 1 saturated heterocycles. The van der Waals surface area contributed by atoms with E-state index in [1.165, 1.54) is 29.9 Å². The van der Waals surface area contributed by atoms with E-state index in [1.54, 1.807) is 0 Å². The van der Waals surface area contributed by atoms with Gasteiger partial charge in [-0.3, -0.25) is 5.73 Å². The number of hydrogen-bond acceptors (Lipinski definition) is 13. The summed E-state index contributed by atoms with van der Waals surface area (Å²) in [5, 5.41) is -0.763. The Morgan fingerprint density at radius 1 is 1.35 bits per heavy atom. The maximum atomic E-state index is 5.96. The molecule has 0 radical (unpaired) electrons. The minimum atomic E-state index is -1.56. The van der Waals surface area contributed by atoms with E-state index in [0.717, 1.165) is 0 Å². The smallest absolute Gasteiger partial charge is 0.277 e. The van der Waals surface area contributed by atoms with Gasteiger partial charge < -0.3 is 0 Å². The first-order chi connectivity index (χ1) is 8.96. The van der Waals surface area contributed by atoms with Crippen molar-refractivity contribution in [1.82, 2.24) is 10.6 Å². The number of halogens is 1. The van der Waals surface area contributed by atoms with Gasteiger partial charge in [-0.1, -0.05) is 11.7 Å². The van der Waals surface area contributed by atoms with Gasteiger partial charge in [-0.15, -0.1) is 5.84 Å². The van der Waals surface area contributed by atoms with E-state index in [-0.39, 0.29) is 11.7 Å². The van der Waals surface area contributed by atoms with Crippen LogP contribution in [0.2, 0.25) is 0 Å². The van der Waals surface area contributed by atoms with Gasteiger partial charge >= 0.3 is 0 Å². The van der Waals surface area contributed by atoms with E-state index in [9.17, 15) is 0 Å². The van der Waals surface area contributed by atoms with Crippen molar-refractivity contribution in [3.8, 4) is 0 Å². The van der Waals surface area contributed by atoms with Crippen molar-refractivity contribution in [2.45, 2.75) is 25.2 Å². The molecule has 1 aliphatic rings. The number of nitrogens with two attached hydrogens (primary N) is 7. The van der Waals surface area contributed by atoms with Gasteiger partial charge in [-0.2, -0.15) is 8.00 Å². The zero-order valence-corrected chi connectivity index (χ0v) is 12.8. The molecule has 1 heterocycles. The van der Waals surface area contributed by atoms with Crippen LogP contribution >= 0.6 is 23.0 Å². The summed E-state index contributed by atoms with van der Waals surface area (Å²) in [5.74, 6) is 32.3. The largest absolute Gasteiger partial charge is 0.284 e. The van der Waals surface area contributed by atoms with Crippen LogP contribution in [0.4, 0.5) is 0 Å². The predicted octanol–water partition coefficient (Wildman–Crippen LogP) is -4.22. The fraction of sp³-hybridized carbons (Fsp3) is 1.00. The normalized spacial score (nSPS) is 34.6. The maximum Gasteiger partial charge on any atom is 0.284 e. The number of hydrazine groups is 3. The lowest BCUT2D eigenvalue weighted by atomic mass is 9.98. The highest BCUT2D eigenvalue weighted by molar-refractivity contribution is 14.1. The van der Waals surface area contributed by atoms with Gasteiger partial charge in [-0.25, -0.2) is 17.5 Å². The second-order valence-corrected chi connectivity index (χ2v) is 4.66. The molecular formula is C4H20IN11O4+2. The monoisotopic (exact) mass is 413 g/mol. The molecule has 16 heteroatoms. The van der Waals surface area contributed by atoms with Crippen LogP contribution in [0.3, 0.4) is 0 Å². The van der Waals surface area contributed by atoms with E-state index < -0.39 is 21.7 Å². The molecular weight excluding hydrogens is 393 g/mol. The zero-order chi connectivity index (χ0) is 15.8. The number of rotatable bonds is 7. The first kappa shape index (κ1) is 18.2. The van der Waals surface area contributed by atoms with Crippen molar-refractivity contribution < 1.29 is 27.7 Å². The molecule has 0 aromatic carbocycles. The molecule has 15 nitrogen and oxygen atoms in total. The summed E-state index contributed by atoms with van der Waals surface area (Å²) in [6.07, 6.45) is -0.480. The van der Waals surface area contributed by atoms with Crippen LogP contribution in [0.5, 0.6) is 0 Å². The Labute approximate surface area is 127 Å². The SMILES string of the molecule is CC1(ON(N)OI)CC(N)[N+]1(N)O[N+](N)(N)ON(N)N. The lowest BCUT2D eigenvalue weighted by Gasteiger charge is -2.52. The van der Waals surface area contributed by atoms with Gasteiger partial charge in [0.15, 0.2) is 5.03 Å². The standard InChI is InChI=1S/C4H20IN11O4/c1-4(17-14(9)18-5)2-3(6)15(4,10)20-16(11,12)19-13(7)8/h3H,2,6-12H2,1H3/q+2. The Kier molecular flexibility index (Phi) is 5.54. The van der Waals surface area contributed by atoms with Gasteiger partial charge in [0.05, 0.1) is 4.94 Å². The van der Waals surface area contributed by atoms with Crippen molar-refractivity contribution in [1.29, 1.82) is 0 Å². The van der Waals surface area contributed by atoms with E-state index >= 15 is 0 Å². The fourth-order valence-corrected chi connectivity index (χ4v) is 1.81. The predicted molar refractivity (Wildman–Crippen MR) is 68.7 cm³/mol. The highest BCUT2D eigenvalue weighted by Gasteiger charge is 2.72. The van der Waals surface area contributed by atoms with E-state index in [1.807, 2.05) is 0 Å². The maximum absolute atomic E-state index is 5.96.